The smallest absolute Gasteiger partial charge is 0.308 e. The minimum Gasteiger partial charge on any atom is -0.427 e. The summed E-state index contributed by atoms with van der Waals surface area (Å²) >= 11 is 0. The van der Waals surface area contributed by atoms with Crippen molar-refractivity contribution in [2.75, 3.05) is 11.9 Å². The van der Waals surface area contributed by atoms with Gasteiger partial charge in [0.05, 0.1) is 16.6 Å². The highest BCUT2D eigenvalue weighted by atomic mass is 16.5. The Morgan fingerprint density at radius 3 is 2.03 bits per heavy atom. The van der Waals surface area contributed by atoms with Gasteiger partial charge in [0.25, 0.3) is 0 Å². The molecule has 0 radical (unpaired) electrons. The van der Waals surface area contributed by atoms with Crippen molar-refractivity contribution in [2.24, 2.45) is 7.05 Å². The standard InChI is InChI=1S/C22H22N2O7/c1-11(25)23(5)18-10-19(30-13(3)27)21-20(22(18)31-14(4)28)16-9-15(29-12(2)26)7-8-17(16)24(21)6/h7-10H,1-6H3. The molecule has 0 unspecified atom stereocenters. The molecule has 9 nitrogen and oxygen atoms in total. The molecule has 0 fully saturated rings. The van der Waals surface area contributed by atoms with Crippen LogP contribution in [0.5, 0.6) is 17.2 Å². The van der Waals surface area contributed by atoms with E-state index >= 15 is 0 Å². The van der Waals surface area contributed by atoms with Gasteiger partial charge in [-0.25, -0.2) is 0 Å². The normalized spacial score (nSPS) is 10.8. The van der Waals surface area contributed by atoms with Gasteiger partial charge in [-0.1, -0.05) is 0 Å². The summed E-state index contributed by atoms with van der Waals surface area (Å²) in [5.74, 6) is -1.34. The van der Waals surface area contributed by atoms with Gasteiger partial charge >= 0.3 is 17.9 Å². The zero-order chi connectivity index (χ0) is 23.0. The average Bonchev–Trinajstić information content (AvgIpc) is 2.94. The van der Waals surface area contributed by atoms with Crippen molar-refractivity contribution in [1.29, 1.82) is 0 Å². The van der Waals surface area contributed by atoms with Crippen LogP contribution in [0.1, 0.15) is 27.7 Å². The molecule has 2 aromatic carbocycles. The third-order valence-corrected chi connectivity index (χ3v) is 4.73. The molecular formula is C22H22N2O7. The molecule has 0 spiro atoms. The monoisotopic (exact) mass is 426 g/mol. The molecule has 1 amide bonds. The van der Waals surface area contributed by atoms with E-state index in [1.807, 2.05) is 0 Å². The number of anilines is 1. The summed E-state index contributed by atoms with van der Waals surface area (Å²) in [5, 5.41) is 1.02. The highest BCUT2D eigenvalue weighted by molar-refractivity contribution is 6.17. The number of carbonyl (C=O) groups is 4. The number of hydrogen-bond donors (Lipinski definition) is 0. The van der Waals surface area contributed by atoms with Crippen molar-refractivity contribution < 1.29 is 33.4 Å². The number of carbonyl (C=O) groups excluding carboxylic acids is 4. The number of aryl methyl sites for hydroxylation is 1. The Balaban J connectivity index is 2.53. The van der Waals surface area contributed by atoms with Crippen LogP contribution in [-0.2, 0) is 26.2 Å². The molecule has 0 saturated heterocycles. The van der Waals surface area contributed by atoms with Gasteiger partial charge in [0.2, 0.25) is 5.91 Å². The maximum atomic E-state index is 12.1. The Labute approximate surface area is 178 Å². The number of esters is 3. The minimum absolute atomic E-state index is 0.127. The van der Waals surface area contributed by atoms with Crippen molar-refractivity contribution >= 4 is 51.3 Å². The van der Waals surface area contributed by atoms with Gasteiger partial charge in [0, 0.05) is 58.8 Å². The van der Waals surface area contributed by atoms with Crippen molar-refractivity contribution in [3.05, 3.63) is 24.3 Å². The van der Waals surface area contributed by atoms with Crippen LogP contribution < -0.4 is 19.1 Å². The minimum atomic E-state index is -0.590. The van der Waals surface area contributed by atoms with Crippen LogP contribution in [0.2, 0.25) is 0 Å². The fourth-order valence-corrected chi connectivity index (χ4v) is 3.46. The van der Waals surface area contributed by atoms with E-state index in [1.54, 1.807) is 29.8 Å². The van der Waals surface area contributed by atoms with E-state index in [1.165, 1.54) is 45.7 Å². The number of rotatable bonds is 4. The van der Waals surface area contributed by atoms with E-state index in [4.69, 9.17) is 14.2 Å². The van der Waals surface area contributed by atoms with Crippen LogP contribution in [0.25, 0.3) is 21.8 Å². The first-order chi connectivity index (χ1) is 14.5. The van der Waals surface area contributed by atoms with Gasteiger partial charge in [-0.3, -0.25) is 19.2 Å². The van der Waals surface area contributed by atoms with Gasteiger partial charge in [-0.05, 0) is 18.2 Å². The Kier molecular flexibility index (Phi) is 5.70. The molecular weight excluding hydrogens is 404 g/mol. The second kappa shape index (κ2) is 8.10. The maximum absolute atomic E-state index is 12.1. The van der Waals surface area contributed by atoms with Crippen LogP contribution in [0.3, 0.4) is 0 Å². The van der Waals surface area contributed by atoms with Gasteiger partial charge in [-0.2, -0.15) is 0 Å². The Morgan fingerprint density at radius 2 is 1.48 bits per heavy atom. The number of fused-ring (bicyclic) bond motifs is 3. The summed E-state index contributed by atoms with van der Waals surface area (Å²) in [4.78, 5) is 48.5. The van der Waals surface area contributed by atoms with Gasteiger partial charge < -0.3 is 23.7 Å². The molecule has 0 bridgehead atoms. The van der Waals surface area contributed by atoms with Crippen LogP contribution in [0, 0.1) is 0 Å². The lowest BCUT2D eigenvalue weighted by molar-refractivity contribution is -0.132. The molecule has 1 heterocycles. The van der Waals surface area contributed by atoms with Crippen LogP contribution >= 0.6 is 0 Å². The number of benzene rings is 2. The van der Waals surface area contributed by atoms with E-state index < -0.39 is 17.9 Å². The zero-order valence-electron chi connectivity index (χ0n) is 18.1. The first-order valence-electron chi connectivity index (χ1n) is 9.40. The SMILES string of the molecule is CC(=O)Oc1ccc2c(c1)c1c(OC(C)=O)c(N(C)C(C)=O)cc(OC(C)=O)c1n2C. The summed E-state index contributed by atoms with van der Waals surface area (Å²) in [6.45, 7) is 5.16. The molecule has 3 rings (SSSR count). The molecule has 0 saturated carbocycles. The Bertz CT molecular complexity index is 1260. The van der Waals surface area contributed by atoms with Crippen molar-refractivity contribution in [1.82, 2.24) is 4.57 Å². The van der Waals surface area contributed by atoms with Gasteiger partial charge in [0.1, 0.15) is 5.75 Å². The fraction of sp³-hybridized carbons (Fsp3) is 0.273. The van der Waals surface area contributed by atoms with Crippen LogP contribution in [0.4, 0.5) is 5.69 Å². The first kappa shape index (κ1) is 21.8. The van der Waals surface area contributed by atoms with E-state index in [-0.39, 0.29) is 23.1 Å². The van der Waals surface area contributed by atoms with Crippen molar-refractivity contribution in [3.63, 3.8) is 0 Å². The fourth-order valence-electron chi connectivity index (χ4n) is 3.46. The number of nitrogens with zero attached hydrogens (tertiary/aromatic N) is 2. The molecule has 1 aromatic heterocycles. The summed E-state index contributed by atoms with van der Waals surface area (Å²) < 4.78 is 18.0. The number of aromatic nitrogens is 1. The lowest BCUT2D eigenvalue weighted by atomic mass is 10.1. The van der Waals surface area contributed by atoms with Crippen LogP contribution in [0.15, 0.2) is 24.3 Å². The molecule has 9 heteroatoms. The second-order valence-corrected chi connectivity index (χ2v) is 7.04. The quantitative estimate of drug-likeness (QED) is 0.466. The molecule has 0 atom stereocenters. The third-order valence-electron chi connectivity index (χ3n) is 4.73. The van der Waals surface area contributed by atoms with Gasteiger partial charge in [0.15, 0.2) is 11.5 Å². The third kappa shape index (κ3) is 4.07. The van der Waals surface area contributed by atoms with Crippen LogP contribution in [-0.4, -0.2) is 35.4 Å². The number of ether oxygens (including phenoxy) is 3. The molecule has 3 aromatic rings. The predicted molar refractivity (Wildman–Crippen MR) is 113 cm³/mol. The molecule has 0 aliphatic heterocycles. The summed E-state index contributed by atoms with van der Waals surface area (Å²) in [6.07, 6.45) is 0. The van der Waals surface area contributed by atoms with Crippen molar-refractivity contribution in [3.8, 4) is 17.2 Å². The number of amides is 1. The summed E-state index contributed by atoms with van der Waals surface area (Å²) in [5.41, 5.74) is 1.43. The topological polar surface area (TPSA) is 104 Å². The molecule has 162 valence electrons. The van der Waals surface area contributed by atoms with Crippen molar-refractivity contribution in [2.45, 2.75) is 27.7 Å². The molecule has 0 aliphatic rings. The summed E-state index contributed by atoms with van der Waals surface area (Å²) in [6, 6.07) is 6.47. The zero-order valence-corrected chi connectivity index (χ0v) is 18.1. The molecule has 0 aliphatic carbocycles. The Hall–Kier alpha value is -3.88. The molecule has 31 heavy (non-hydrogen) atoms. The lowest BCUT2D eigenvalue weighted by Crippen LogP contribution is -2.24. The van der Waals surface area contributed by atoms with E-state index in [0.29, 0.717) is 27.6 Å². The molecule has 0 N–H and O–H groups in total. The first-order valence-corrected chi connectivity index (χ1v) is 9.40. The predicted octanol–water partition coefficient (Wildman–Crippen LogP) is 3.09. The van der Waals surface area contributed by atoms with E-state index in [0.717, 1.165) is 0 Å². The highest BCUT2D eigenvalue weighted by Gasteiger charge is 2.26. The maximum Gasteiger partial charge on any atom is 0.308 e. The van der Waals surface area contributed by atoms with E-state index in [2.05, 4.69) is 0 Å². The Morgan fingerprint density at radius 1 is 0.871 bits per heavy atom. The summed E-state index contributed by atoms with van der Waals surface area (Å²) in [7, 11) is 3.28. The lowest BCUT2D eigenvalue weighted by Gasteiger charge is -2.21. The van der Waals surface area contributed by atoms with E-state index in [9.17, 15) is 19.2 Å². The second-order valence-electron chi connectivity index (χ2n) is 7.04. The average molecular weight is 426 g/mol. The van der Waals surface area contributed by atoms with Gasteiger partial charge in [-0.15, -0.1) is 0 Å². The highest BCUT2D eigenvalue weighted by Crippen LogP contribution is 2.47. The largest absolute Gasteiger partial charge is 0.427 e. The number of hydrogen-bond acceptors (Lipinski definition) is 7.